The summed E-state index contributed by atoms with van der Waals surface area (Å²) in [6, 6.07) is 8.72. The normalized spacial score (nSPS) is 10.5. The second kappa shape index (κ2) is 6.91. The lowest BCUT2D eigenvalue weighted by Gasteiger charge is -2.07. The van der Waals surface area contributed by atoms with Gasteiger partial charge in [0.2, 0.25) is 5.91 Å². The zero-order valence-electron chi connectivity index (χ0n) is 13.1. The molecule has 0 bridgehead atoms. The van der Waals surface area contributed by atoms with E-state index in [0.29, 0.717) is 18.0 Å². The van der Waals surface area contributed by atoms with Crippen LogP contribution in [0.5, 0.6) is 0 Å². The van der Waals surface area contributed by atoms with Crippen LogP contribution in [0.1, 0.15) is 11.3 Å². The topological polar surface area (TPSA) is 90.0 Å². The lowest BCUT2D eigenvalue weighted by atomic mass is 10.2. The van der Waals surface area contributed by atoms with E-state index in [1.165, 1.54) is 17.0 Å². The minimum atomic E-state index is -0.266. The lowest BCUT2D eigenvalue weighted by Crippen LogP contribution is -2.32. The highest BCUT2D eigenvalue weighted by Gasteiger charge is 2.06. The van der Waals surface area contributed by atoms with Crippen molar-refractivity contribution in [3.05, 3.63) is 70.7 Å². The zero-order chi connectivity index (χ0) is 16.9. The summed E-state index contributed by atoms with van der Waals surface area (Å²) in [7, 11) is 0. The molecule has 3 aromatic rings. The van der Waals surface area contributed by atoms with Gasteiger partial charge < -0.3 is 9.73 Å². The summed E-state index contributed by atoms with van der Waals surface area (Å²) < 4.78 is 6.54. The van der Waals surface area contributed by atoms with Crippen molar-refractivity contribution in [3.63, 3.8) is 0 Å². The number of furan rings is 1. The third kappa shape index (κ3) is 3.75. The van der Waals surface area contributed by atoms with E-state index in [1.54, 1.807) is 25.5 Å². The van der Waals surface area contributed by atoms with E-state index in [9.17, 15) is 9.59 Å². The molecule has 0 aromatic carbocycles. The second-order valence-electron chi connectivity index (χ2n) is 5.30. The van der Waals surface area contributed by atoms with E-state index in [-0.39, 0.29) is 18.0 Å². The number of rotatable bonds is 5. The Morgan fingerprint density at radius 1 is 1.29 bits per heavy atom. The fraction of sp³-hybridized carbons (Fsp3) is 0.176. The van der Waals surface area contributed by atoms with E-state index in [1.807, 2.05) is 18.2 Å². The molecule has 1 amide bonds. The van der Waals surface area contributed by atoms with Crippen LogP contribution in [0.25, 0.3) is 11.5 Å². The van der Waals surface area contributed by atoms with Crippen LogP contribution in [0.3, 0.4) is 0 Å². The number of nitrogens with zero attached hydrogens (tertiary/aromatic N) is 3. The predicted molar refractivity (Wildman–Crippen MR) is 87.0 cm³/mol. The van der Waals surface area contributed by atoms with E-state index in [4.69, 9.17) is 4.42 Å². The third-order valence-electron chi connectivity index (χ3n) is 3.42. The first-order valence-corrected chi connectivity index (χ1v) is 7.40. The lowest BCUT2D eigenvalue weighted by molar-refractivity contribution is -0.121. The number of hydrogen-bond acceptors (Lipinski definition) is 5. The van der Waals surface area contributed by atoms with E-state index in [0.717, 1.165) is 11.3 Å². The van der Waals surface area contributed by atoms with Crippen LogP contribution in [0.15, 0.2) is 58.3 Å². The quantitative estimate of drug-likeness (QED) is 0.768. The maximum atomic E-state index is 11.9. The van der Waals surface area contributed by atoms with Crippen LogP contribution in [-0.4, -0.2) is 20.4 Å². The van der Waals surface area contributed by atoms with Crippen LogP contribution in [0.2, 0.25) is 0 Å². The maximum absolute atomic E-state index is 11.9. The largest absolute Gasteiger partial charge is 0.463 e. The van der Waals surface area contributed by atoms with Crippen LogP contribution >= 0.6 is 0 Å². The van der Waals surface area contributed by atoms with Crippen LogP contribution < -0.4 is 10.9 Å². The molecule has 0 aliphatic rings. The molecule has 7 heteroatoms. The van der Waals surface area contributed by atoms with Gasteiger partial charge in [-0.1, -0.05) is 6.07 Å². The Morgan fingerprint density at radius 2 is 2.17 bits per heavy atom. The molecule has 24 heavy (non-hydrogen) atoms. The summed E-state index contributed by atoms with van der Waals surface area (Å²) in [4.78, 5) is 32.0. The Hall–Kier alpha value is -3.22. The molecule has 0 saturated heterocycles. The van der Waals surface area contributed by atoms with Gasteiger partial charge in [-0.15, -0.1) is 0 Å². The summed E-state index contributed by atoms with van der Waals surface area (Å²) in [6.07, 6.45) is 4.64. The fourth-order valence-electron chi connectivity index (χ4n) is 2.15. The molecule has 3 aromatic heterocycles. The van der Waals surface area contributed by atoms with E-state index < -0.39 is 0 Å². The molecule has 0 saturated carbocycles. The van der Waals surface area contributed by atoms with Crippen LogP contribution in [0, 0.1) is 6.92 Å². The van der Waals surface area contributed by atoms with Gasteiger partial charge in [0.05, 0.1) is 12.6 Å². The number of amides is 1. The van der Waals surface area contributed by atoms with Crippen molar-refractivity contribution in [2.75, 3.05) is 0 Å². The Labute approximate surface area is 138 Å². The second-order valence-corrected chi connectivity index (χ2v) is 5.30. The summed E-state index contributed by atoms with van der Waals surface area (Å²) in [6.45, 7) is 1.99. The molecule has 0 atom stereocenters. The number of carbonyl (C=O) groups is 1. The Kier molecular flexibility index (Phi) is 4.51. The van der Waals surface area contributed by atoms with Gasteiger partial charge in [-0.3, -0.25) is 19.1 Å². The van der Waals surface area contributed by atoms with Gasteiger partial charge >= 0.3 is 0 Å². The van der Waals surface area contributed by atoms with E-state index >= 15 is 0 Å². The zero-order valence-corrected chi connectivity index (χ0v) is 13.1. The molecule has 7 nitrogen and oxygen atoms in total. The van der Waals surface area contributed by atoms with Crippen molar-refractivity contribution < 1.29 is 9.21 Å². The molecule has 0 radical (unpaired) electrons. The molecule has 0 fully saturated rings. The van der Waals surface area contributed by atoms with Crippen molar-refractivity contribution in [2.45, 2.75) is 20.0 Å². The highest BCUT2D eigenvalue weighted by atomic mass is 16.3. The SMILES string of the molecule is Cc1cc(=O)n(CC(=O)NCc2ccc(-c3ccco3)nc2)cn1. The van der Waals surface area contributed by atoms with Gasteiger partial charge in [0, 0.05) is 24.5 Å². The average Bonchev–Trinajstić information content (AvgIpc) is 3.11. The van der Waals surface area contributed by atoms with Crippen molar-refractivity contribution in [2.24, 2.45) is 0 Å². The average molecular weight is 324 g/mol. The van der Waals surface area contributed by atoms with Gasteiger partial charge in [-0.2, -0.15) is 0 Å². The smallest absolute Gasteiger partial charge is 0.253 e. The molecule has 122 valence electrons. The van der Waals surface area contributed by atoms with E-state index in [2.05, 4.69) is 15.3 Å². The molecule has 3 rings (SSSR count). The highest BCUT2D eigenvalue weighted by molar-refractivity contribution is 5.75. The minimum Gasteiger partial charge on any atom is -0.463 e. The Balaban J connectivity index is 1.57. The first kappa shape index (κ1) is 15.7. The maximum Gasteiger partial charge on any atom is 0.253 e. The number of pyridine rings is 1. The monoisotopic (exact) mass is 324 g/mol. The fourth-order valence-corrected chi connectivity index (χ4v) is 2.15. The molecule has 0 aliphatic carbocycles. The molecule has 0 spiro atoms. The summed E-state index contributed by atoms with van der Waals surface area (Å²) >= 11 is 0. The van der Waals surface area contributed by atoms with Gasteiger partial charge in [0.25, 0.3) is 5.56 Å². The molecule has 0 unspecified atom stereocenters. The first-order chi connectivity index (χ1) is 11.6. The Bertz CT molecular complexity index is 883. The van der Waals surface area contributed by atoms with Crippen molar-refractivity contribution in [1.82, 2.24) is 19.9 Å². The van der Waals surface area contributed by atoms with Crippen LogP contribution in [-0.2, 0) is 17.9 Å². The number of hydrogen-bond donors (Lipinski definition) is 1. The Morgan fingerprint density at radius 3 is 2.83 bits per heavy atom. The molecule has 0 aliphatic heterocycles. The van der Waals surface area contributed by atoms with Gasteiger partial charge in [0.1, 0.15) is 12.2 Å². The molecular formula is C17H16N4O3. The molecular weight excluding hydrogens is 308 g/mol. The predicted octanol–water partition coefficient (Wildman–Crippen LogP) is 1.52. The molecule has 1 N–H and O–H groups in total. The summed E-state index contributed by atoms with van der Waals surface area (Å²) in [5.41, 5.74) is 1.96. The molecule has 3 heterocycles. The van der Waals surface area contributed by atoms with Crippen molar-refractivity contribution >= 4 is 5.91 Å². The van der Waals surface area contributed by atoms with Gasteiger partial charge in [-0.25, -0.2) is 4.98 Å². The highest BCUT2D eigenvalue weighted by Crippen LogP contribution is 2.16. The van der Waals surface area contributed by atoms with Crippen molar-refractivity contribution in [3.8, 4) is 11.5 Å². The first-order valence-electron chi connectivity index (χ1n) is 7.40. The van der Waals surface area contributed by atoms with Crippen molar-refractivity contribution in [1.29, 1.82) is 0 Å². The van der Waals surface area contributed by atoms with Crippen LogP contribution in [0.4, 0.5) is 0 Å². The summed E-state index contributed by atoms with van der Waals surface area (Å²) in [5, 5.41) is 2.75. The summed E-state index contributed by atoms with van der Waals surface area (Å²) in [5.74, 6) is 0.426. The number of nitrogens with one attached hydrogen (secondary N) is 1. The number of aromatic nitrogens is 3. The minimum absolute atomic E-state index is 0.0655. The number of aryl methyl sites for hydroxylation is 1. The number of carbonyl (C=O) groups excluding carboxylic acids is 1. The standard InChI is InChI=1S/C17H16N4O3/c1-12-7-17(23)21(11-20-12)10-16(22)19-9-13-4-5-14(18-8-13)15-3-2-6-24-15/h2-8,11H,9-10H2,1H3,(H,19,22). The van der Waals surface area contributed by atoms with Gasteiger partial charge in [0.15, 0.2) is 5.76 Å². The third-order valence-corrected chi connectivity index (χ3v) is 3.42. The van der Waals surface area contributed by atoms with Gasteiger partial charge in [-0.05, 0) is 30.7 Å².